The maximum Gasteiger partial charge on any atom is 0.251 e. The Labute approximate surface area is 150 Å². The number of carbonyl (C=O) groups is 2. The molecule has 25 heavy (non-hydrogen) atoms. The van der Waals surface area contributed by atoms with Gasteiger partial charge >= 0.3 is 0 Å². The molecule has 0 bridgehead atoms. The van der Waals surface area contributed by atoms with E-state index in [9.17, 15) is 9.59 Å². The maximum absolute atomic E-state index is 12.0. The molecular weight excluding hydrogens is 336 g/mol. The summed E-state index contributed by atoms with van der Waals surface area (Å²) in [6.45, 7) is 1.54. The van der Waals surface area contributed by atoms with Crippen LogP contribution in [0.1, 0.15) is 27.6 Å². The van der Waals surface area contributed by atoms with E-state index in [1.807, 2.05) is 42.5 Å². The van der Waals surface area contributed by atoms with E-state index in [2.05, 4.69) is 4.98 Å². The SMILES string of the molecule is CC(=O)c1ccccc1-c1ccccc1-c1ccc(C(N)=O)c(Cl)n1. The fraction of sp³-hybridized carbons (Fsp3) is 0.0500. The molecule has 0 aliphatic rings. The van der Waals surface area contributed by atoms with Gasteiger partial charge in [-0.25, -0.2) is 4.98 Å². The number of halogens is 1. The van der Waals surface area contributed by atoms with Crippen molar-refractivity contribution in [3.05, 3.63) is 76.9 Å². The van der Waals surface area contributed by atoms with Crippen LogP contribution in [-0.4, -0.2) is 16.7 Å². The molecule has 0 saturated carbocycles. The monoisotopic (exact) mass is 350 g/mol. The lowest BCUT2D eigenvalue weighted by molar-refractivity contribution is 0.0996. The summed E-state index contributed by atoms with van der Waals surface area (Å²) >= 11 is 6.09. The summed E-state index contributed by atoms with van der Waals surface area (Å²) in [4.78, 5) is 27.6. The highest BCUT2D eigenvalue weighted by atomic mass is 35.5. The number of nitrogens with two attached hydrogens (primary N) is 1. The van der Waals surface area contributed by atoms with Crippen molar-refractivity contribution in [2.45, 2.75) is 6.92 Å². The number of rotatable bonds is 4. The molecule has 2 N–H and O–H groups in total. The summed E-state index contributed by atoms with van der Waals surface area (Å²) < 4.78 is 0. The van der Waals surface area contributed by atoms with Crippen LogP contribution in [0.3, 0.4) is 0 Å². The second-order valence-electron chi connectivity index (χ2n) is 5.55. The minimum absolute atomic E-state index is 0.0135. The number of hydrogen-bond donors (Lipinski definition) is 1. The van der Waals surface area contributed by atoms with Crippen LogP contribution in [0.15, 0.2) is 60.7 Å². The van der Waals surface area contributed by atoms with Gasteiger partial charge in [0, 0.05) is 11.1 Å². The molecule has 0 aliphatic heterocycles. The van der Waals surface area contributed by atoms with Crippen LogP contribution in [-0.2, 0) is 0 Å². The standard InChI is InChI=1S/C20H15ClN2O2/c1-12(24)13-6-2-3-7-14(13)15-8-4-5-9-16(15)18-11-10-17(20(22)25)19(21)23-18/h2-11H,1H3,(H2,22,25). The number of aromatic nitrogens is 1. The average Bonchev–Trinajstić information content (AvgIpc) is 2.61. The van der Waals surface area contributed by atoms with Gasteiger partial charge in [-0.3, -0.25) is 9.59 Å². The van der Waals surface area contributed by atoms with Gasteiger partial charge in [0.2, 0.25) is 0 Å². The molecule has 1 amide bonds. The minimum atomic E-state index is -0.626. The molecule has 0 aliphatic carbocycles. The average molecular weight is 351 g/mol. The van der Waals surface area contributed by atoms with Crippen LogP contribution in [0.25, 0.3) is 22.4 Å². The molecule has 0 radical (unpaired) electrons. The number of amides is 1. The molecule has 1 aromatic heterocycles. The molecule has 0 saturated heterocycles. The van der Waals surface area contributed by atoms with Crippen LogP contribution in [0.4, 0.5) is 0 Å². The first-order valence-corrected chi connectivity index (χ1v) is 8.03. The summed E-state index contributed by atoms with van der Waals surface area (Å²) in [7, 11) is 0. The normalized spacial score (nSPS) is 10.5. The molecule has 4 nitrogen and oxygen atoms in total. The topological polar surface area (TPSA) is 73.1 Å². The fourth-order valence-corrected chi connectivity index (χ4v) is 2.98. The molecule has 0 fully saturated rings. The van der Waals surface area contributed by atoms with E-state index >= 15 is 0 Å². The van der Waals surface area contributed by atoms with Crippen molar-refractivity contribution in [2.75, 3.05) is 0 Å². The smallest absolute Gasteiger partial charge is 0.251 e. The van der Waals surface area contributed by atoms with Crippen molar-refractivity contribution >= 4 is 23.3 Å². The second kappa shape index (κ2) is 6.87. The molecule has 3 aromatic rings. The zero-order valence-corrected chi connectivity index (χ0v) is 14.2. The lowest BCUT2D eigenvalue weighted by atomic mass is 9.92. The highest BCUT2D eigenvalue weighted by molar-refractivity contribution is 6.32. The first kappa shape index (κ1) is 16.9. The highest BCUT2D eigenvalue weighted by Gasteiger charge is 2.15. The van der Waals surface area contributed by atoms with Crippen molar-refractivity contribution in [2.24, 2.45) is 5.73 Å². The Balaban J connectivity index is 2.20. The summed E-state index contributed by atoms with van der Waals surface area (Å²) in [6.07, 6.45) is 0. The van der Waals surface area contributed by atoms with Gasteiger partial charge in [0.1, 0.15) is 5.15 Å². The Hall–Kier alpha value is -2.98. The van der Waals surface area contributed by atoms with Gasteiger partial charge in [0.15, 0.2) is 5.78 Å². The Morgan fingerprint density at radius 3 is 2.04 bits per heavy atom. The third-order valence-electron chi connectivity index (χ3n) is 3.91. The van der Waals surface area contributed by atoms with Crippen LogP contribution < -0.4 is 5.73 Å². The van der Waals surface area contributed by atoms with Gasteiger partial charge in [-0.05, 0) is 30.2 Å². The summed E-state index contributed by atoms with van der Waals surface area (Å²) in [5, 5.41) is 0.0552. The molecule has 5 heteroatoms. The largest absolute Gasteiger partial charge is 0.366 e. The van der Waals surface area contributed by atoms with E-state index in [1.165, 1.54) is 6.92 Å². The van der Waals surface area contributed by atoms with Gasteiger partial charge in [-0.15, -0.1) is 0 Å². The fourth-order valence-electron chi connectivity index (χ4n) is 2.73. The van der Waals surface area contributed by atoms with Crippen LogP contribution in [0, 0.1) is 0 Å². The maximum atomic E-state index is 12.0. The van der Waals surface area contributed by atoms with Crippen LogP contribution >= 0.6 is 11.6 Å². The predicted octanol–water partition coefficient (Wildman–Crippen LogP) is 4.37. The first-order chi connectivity index (χ1) is 12.0. The third kappa shape index (κ3) is 3.30. The number of carbonyl (C=O) groups excluding carboxylic acids is 2. The van der Waals surface area contributed by atoms with Crippen LogP contribution in [0.5, 0.6) is 0 Å². The molecule has 0 atom stereocenters. The first-order valence-electron chi connectivity index (χ1n) is 7.65. The zero-order chi connectivity index (χ0) is 18.0. The number of nitrogens with zero attached hydrogens (tertiary/aromatic N) is 1. The van der Waals surface area contributed by atoms with E-state index in [1.54, 1.807) is 18.2 Å². The molecule has 1 heterocycles. The minimum Gasteiger partial charge on any atom is -0.366 e. The van der Waals surface area contributed by atoms with E-state index < -0.39 is 5.91 Å². The number of hydrogen-bond acceptors (Lipinski definition) is 3. The van der Waals surface area contributed by atoms with Crippen molar-refractivity contribution in [3.63, 3.8) is 0 Å². The number of benzene rings is 2. The van der Waals surface area contributed by atoms with Gasteiger partial charge in [0.25, 0.3) is 5.91 Å². The van der Waals surface area contributed by atoms with Crippen molar-refractivity contribution in [1.82, 2.24) is 4.98 Å². The zero-order valence-electron chi connectivity index (χ0n) is 13.5. The number of ketones is 1. The lowest BCUT2D eigenvalue weighted by Gasteiger charge is -2.13. The molecule has 2 aromatic carbocycles. The molecular formula is C20H15ClN2O2. The Bertz CT molecular complexity index is 983. The van der Waals surface area contributed by atoms with E-state index in [0.29, 0.717) is 11.3 Å². The molecule has 0 unspecified atom stereocenters. The summed E-state index contributed by atoms with van der Waals surface area (Å²) in [6, 6.07) is 18.3. The predicted molar refractivity (Wildman–Crippen MR) is 98.6 cm³/mol. The van der Waals surface area contributed by atoms with Gasteiger partial charge in [-0.2, -0.15) is 0 Å². The summed E-state index contributed by atoms with van der Waals surface area (Å²) in [5.41, 5.74) is 9.19. The number of pyridine rings is 1. The van der Waals surface area contributed by atoms with Gasteiger partial charge in [-0.1, -0.05) is 60.1 Å². The second-order valence-corrected chi connectivity index (χ2v) is 5.90. The Morgan fingerprint density at radius 2 is 1.44 bits per heavy atom. The quantitative estimate of drug-likeness (QED) is 0.561. The third-order valence-corrected chi connectivity index (χ3v) is 4.20. The summed E-state index contributed by atoms with van der Waals surface area (Å²) in [5.74, 6) is -0.639. The number of Topliss-reactive ketones (excluding diaryl/α,β-unsaturated/α-hetero) is 1. The van der Waals surface area contributed by atoms with E-state index in [0.717, 1.165) is 16.7 Å². The Kier molecular flexibility index (Phi) is 4.63. The highest BCUT2D eigenvalue weighted by Crippen LogP contribution is 2.34. The van der Waals surface area contributed by atoms with Crippen molar-refractivity contribution in [1.29, 1.82) is 0 Å². The van der Waals surface area contributed by atoms with E-state index in [4.69, 9.17) is 17.3 Å². The molecule has 3 rings (SSSR count). The van der Waals surface area contributed by atoms with E-state index in [-0.39, 0.29) is 16.5 Å². The van der Waals surface area contributed by atoms with Gasteiger partial charge < -0.3 is 5.73 Å². The van der Waals surface area contributed by atoms with Crippen molar-refractivity contribution in [3.8, 4) is 22.4 Å². The molecule has 0 spiro atoms. The Morgan fingerprint density at radius 1 is 0.840 bits per heavy atom. The number of primary amides is 1. The van der Waals surface area contributed by atoms with Crippen LogP contribution in [0.2, 0.25) is 5.15 Å². The molecule has 124 valence electrons. The van der Waals surface area contributed by atoms with Crippen molar-refractivity contribution < 1.29 is 9.59 Å². The lowest BCUT2D eigenvalue weighted by Crippen LogP contribution is -2.12. The van der Waals surface area contributed by atoms with Gasteiger partial charge in [0.05, 0.1) is 11.3 Å².